The van der Waals surface area contributed by atoms with Crippen molar-refractivity contribution < 1.29 is 23.9 Å². The fourth-order valence-corrected chi connectivity index (χ4v) is 4.46. The minimum atomic E-state index is -0.561. The quantitative estimate of drug-likeness (QED) is 0.557. The zero-order chi connectivity index (χ0) is 24.0. The van der Waals surface area contributed by atoms with Crippen molar-refractivity contribution in [1.29, 1.82) is 0 Å². The largest absolute Gasteiger partial charge is 0.497 e. The molecule has 1 aromatic rings. The summed E-state index contributed by atoms with van der Waals surface area (Å²) >= 11 is 0. The average molecular weight is 462 g/mol. The van der Waals surface area contributed by atoms with Crippen molar-refractivity contribution in [2.24, 2.45) is 0 Å². The number of methoxy groups -OCH3 is 2. The molecule has 0 radical (unpaired) electrons. The first-order valence-corrected chi connectivity index (χ1v) is 11.4. The predicted molar refractivity (Wildman–Crippen MR) is 122 cm³/mol. The summed E-state index contributed by atoms with van der Waals surface area (Å²) < 4.78 is 10.3. The van der Waals surface area contributed by atoms with Crippen LogP contribution in [0, 0.1) is 0 Å². The molecule has 1 aromatic carbocycles. The summed E-state index contributed by atoms with van der Waals surface area (Å²) in [4.78, 5) is 42.8. The number of hydrazine groups is 1. The van der Waals surface area contributed by atoms with Crippen LogP contribution in [0.25, 0.3) is 0 Å². The standard InChI is InChI=1S/C23H35N5O5/c1-5-7-19-22(30)26(12-6-13-32-3)15-20-27(19)21(29)16-25(2)28(20)23(31)24-14-17-8-10-18(33-4)11-9-17/h8-11,19-20H,5-7,12-16H2,1-4H3,(H,24,31)/t19-,20-/m0/s1. The van der Waals surface area contributed by atoms with Crippen molar-refractivity contribution in [1.82, 2.24) is 25.1 Å². The summed E-state index contributed by atoms with van der Waals surface area (Å²) in [7, 11) is 4.96. The molecular weight excluding hydrogens is 426 g/mol. The van der Waals surface area contributed by atoms with E-state index >= 15 is 0 Å². The molecule has 4 amide bonds. The number of urea groups is 1. The van der Waals surface area contributed by atoms with Crippen LogP contribution < -0.4 is 10.1 Å². The fraction of sp³-hybridized carbons (Fsp3) is 0.609. The van der Waals surface area contributed by atoms with E-state index in [0.29, 0.717) is 32.5 Å². The van der Waals surface area contributed by atoms with Crippen LogP contribution in [0.1, 0.15) is 31.7 Å². The Morgan fingerprint density at radius 3 is 2.55 bits per heavy atom. The summed E-state index contributed by atoms with van der Waals surface area (Å²) in [5, 5.41) is 6.16. The predicted octanol–water partition coefficient (Wildman–Crippen LogP) is 1.27. The third-order valence-corrected chi connectivity index (χ3v) is 6.09. The maximum atomic E-state index is 13.3. The van der Waals surface area contributed by atoms with Crippen molar-refractivity contribution in [3.63, 3.8) is 0 Å². The van der Waals surface area contributed by atoms with E-state index in [2.05, 4.69) is 5.32 Å². The first-order valence-electron chi connectivity index (χ1n) is 11.4. The number of benzene rings is 1. The van der Waals surface area contributed by atoms with Gasteiger partial charge in [-0.05, 0) is 30.5 Å². The molecule has 33 heavy (non-hydrogen) atoms. The second-order valence-electron chi connectivity index (χ2n) is 8.38. The Labute approximate surface area is 195 Å². The number of hydrogen-bond acceptors (Lipinski definition) is 6. The monoisotopic (exact) mass is 461 g/mol. The molecule has 182 valence electrons. The molecule has 0 unspecified atom stereocenters. The van der Waals surface area contributed by atoms with Gasteiger partial charge in [0.1, 0.15) is 18.0 Å². The molecule has 10 heteroatoms. The first-order chi connectivity index (χ1) is 15.9. The van der Waals surface area contributed by atoms with Gasteiger partial charge < -0.3 is 24.6 Å². The molecule has 0 saturated carbocycles. The van der Waals surface area contributed by atoms with E-state index < -0.39 is 12.2 Å². The van der Waals surface area contributed by atoms with E-state index in [1.54, 1.807) is 41.1 Å². The number of rotatable bonds is 9. The Bertz CT molecular complexity index is 833. The van der Waals surface area contributed by atoms with Crippen molar-refractivity contribution in [3.05, 3.63) is 29.8 Å². The molecule has 0 bridgehead atoms. The Morgan fingerprint density at radius 2 is 1.91 bits per heavy atom. The topological polar surface area (TPSA) is 94.7 Å². The van der Waals surface area contributed by atoms with Gasteiger partial charge >= 0.3 is 6.03 Å². The van der Waals surface area contributed by atoms with Gasteiger partial charge in [0.05, 0.1) is 20.2 Å². The summed E-state index contributed by atoms with van der Waals surface area (Å²) in [5.41, 5.74) is 0.931. The molecule has 0 spiro atoms. The molecule has 2 atom stereocenters. The van der Waals surface area contributed by atoms with E-state index in [1.165, 1.54) is 0 Å². The molecule has 0 aromatic heterocycles. The van der Waals surface area contributed by atoms with Crippen molar-refractivity contribution >= 4 is 17.8 Å². The maximum absolute atomic E-state index is 13.3. The second kappa shape index (κ2) is 11.3. The van der Waals surface area contributed by atoms with Crippen LogP contribution in [0.2, 0.25) is 0 Å². The van der Waals surface area contributed by atoms with Crippen molar-refractivity contribution in [2.75, 3.05) is 47.5 Å². The number of likely N-dealkylation sites (N-methyl/N-ethyl adjacent to an activating group) is 1. The molecule has 2 heterocycles. The van der Waals surface area contributed by atoms with Gasteiger partial charge in [-0.1, -0.05) is 25.5 Å². The highest BCUT2D eigenvalue weighted by atomic mass is 16.5. The third kappa shape index (κ3) is 5.56. The lowest BCUT2D eigenvalue weighted by Crippen LogP contribution is -2.75. The highest BCUT2D eigenvalue weighted by Gasteiger charge is 2.50. The van der Waals surface area contributed by atoms with E-state index in [9.17, 15) is 14.4 Å². The number of carbonyl (C=O) groups is 3. The Morgan fingerprint density at radius 1 is 1.18 bits per heavy atom. The molecule has 10 nitrogen and oxygen atoms in total. The van der Waals surface area contributed by atoms with E-state index in [0.717, 1.165) is 17.7 Å². The molecular formula is C23H35N5O5. The van der Waals surface area contributed by atoms with Crippen LogP contribution in [0.15, 0.2) is 24.3 Å². The van der Waals surface area contributed by atoms with Crippen molar-refractivity contribution in [2.45, 2.75) is 44.9 Å². The highest BCUT2D eigenvalue weighted by molar-refractivity contribution is 5.91. The van der Waals surface area contributed by atoms with E-state index in [4.69, 9.17) is 9.47 Å². The number of carbonyl (C=O) groups excluding carboxylic acids is 3. The number of amides is 4. The minimum Gasteiger partial charge on any atom is -0.497 e. The molecule has 3 rings (SSSR count). The molecule has 2 aliphatic heterocycles. The van der Waals surface area contributed by atoms with Crippen LogP contribution in [-0.2, 0) is 20.9 Å². The Balaban J connectivity index is 1.78. The lowest BCUT2D eigenvalue weighted by molar-refractivity contribution is -0.187. The Hall–Kier alpha value is -2.85. The van der Waals surface area contributed by atoms with Gasteiger partial charge in [0, 0.05) is 33.9 Å². The summed E-state index contributed by atoms with van der Waals surface area (Å²) in [6.07, 6.45) is 1.47. The van der Waals surface area contributed by atoms with Gasteiger partial charge in [0.25, 0.3) is 0 Å². The van der Waals surface area contributed by atoms with Crippen molar-refractivity contribution in [3.8, 4) is 5.75 Å². The smallest absolute Gasteiger partial charge is 0.334 e. The van der Waals surface area contributed by atoms with E-state index in [-0.39, 0.29) is 30.9 Å². The molecule has 1 N–H and O–H groups in total. The normalized spacial score (nSPS) is 21.3. The Kier molecular flexibility index (Phi) is 8.51. The SMILES string of the molecule is CCC[C@H]1C(=O)N(CCCOC)C[C@H]2N1C(=O)CN(C)N2C(=O)NCc1ccc(OC)cc1. The van der Waals surface area contributed by atoms with Crippen LogP contribution in [0.3, 0.4) is 0 Å². The summed E-state index contributed by atoms with van der Waals surface area (Å²) in [6, 6.07) is 6.60. The van der Waals surface area contributed by atoms with Gasteiger partial charge in [-0.25, -0.2) is 14.8 Å². The number of nitrogens with one attached hydrogen (secondary N) is 1. The van der Waals surface area contributed by atoms with Gasteiger partial charge in [-0.2, -0.15) is 0 Å². The van der Waals surface area contributed by atoms with Crippen LogP contribution >= 0.6 is 0 Å². The fourth-order valence-electron chi connectivity index (χ4n) is 4.46. The van der Waals surface area contributed by atoms with Gasteiger partial charge in [-0.3, -0.25) is 9.59 Å². The zero-order valence-corrected chi connectivity index (χ0v) is 20.0. The number of nitrogens with zero attached hydrogens (tertiary/aromatic N) is 4. The number of hydrogen-bond donors (Lipinski definition) is 1. The van der Waals surface area contributed by atoms with Gasteiger partial charge in [-0.15, -0.1) is 0 Å². The molecule has 0 aliphatic carbocycles. The van der Waals surface area contributed by atoms with Gasteiger partial charge in [0.2, 0.25) is 11.8 Å². The average Bonchev–Trinajstić information content (AvgIpc) is 2.80. The van der Waals surface area contributed by atoms with Crippen LogP contribution in [0.4, 0.5) is 4.79 Å². The third-order valence-electron chi connectivity index (χ3n) is 6.09. The van der Waals surface area contributed by atoms with Crippen LogP contribution in [0.5, 0.6) is 5.75 Å². The summed E-state index contributed by atoms with van der Waals surface area (Å²) in [5.74, 6) is 0.558. The number of ether oxygens (including phenoxy) is 2. The molecule has 2 aliphatic rings. The highest BCUT2D eigenvalue weighted by Crippen LogP contribution is 2.28. The lowest BCUT2D eigenvalue weighted by atomic mass is 10.0. The maximum Gasteiger partial charge on any atom is 0.334 e. The minimum absolute atomic E-state index is 0.0453. The number of piperazine rings is 1. The summed E-state index contributed by atoms with van der Waals surface area (Å²) in [6.45, 7) is 3.71. The lowest BCUT2D eigenvalue weighted by Gasteiger charge is -2.54. The van der Waals surface area contributed by atoms with Gasteiger partial charge in [0.15, 0.2) is 0 Å². The second-order valence-corrected chi connectivity index (χ2v) is 8.38. The van der Waals surface area contributed by atoms with E-state index in [1.807, 2.05) is 31.2 Å². The molecule has 2 saturated heterocycles. The zero-order valence-electron chi connectivity index (χ0n) is 20.0. The van der Waals surface area contributed by atoms with Crippen LogP contribution in [-0.4, -0.2) is 97.4 Å². The molecule has 2 fully saturated rings. The number of fused-ring (bicyclic) bond motifs is 1. The first kappa shape index (κ1) is 24.8.